The van der Waals surface area contributed by atoms with Gasteiger partial charge in [-0.15, -0.1) is 0 Å². The van der Waals surface area contributed by atoms with Gasteiger partial charge in [-0.25, -0.2) is 0 Å². The molecular formula is C25H33NO. The van der Waals surface area contributed by atoms with Gasteiger partial charge in [0.25, 0.3) is 0 Å². The number of ether oxygens (including phenoxy) is 1. The van der Waals surface area contributed by atoms with Crippen LogP contribution in [0.5, 0.6) is 5.75 Å². The average molecular weight is 364 g/mol. The van der Waals surface area contributed by atoms with Crippen LogP contribution in [0.2, 0.25) is 0 Å². The van der Waals surface area contributed by atoms with E-state index in [9.17, 15) is 0 Å². The molecule has 4 atom stereocenters. The summed E-state index contributed by atoms with van der Waals surface area (Å²) in [6.07, 6.45) is 8.12. The van der Waals surface area contributed by atoms with Crippen molar-refractivity contribution in [3.8, 4) is 5.75 Å². The molecule has 1 saturated heterocycles. The topological polar surface area (TPSA) is 12.5 Å². The van der Waals surface area contributed by atoms with Gasteiger partial charge >= 0.3 is 0 Å². The molecule has 1 aliphatic heterocycles. The van der Waals surface area contributed by atoms with Gasteiger partial charge in [-0.2, -0.15) is 0 Å². The van der Waals surface area contributed by atoms with Gasteiger partial charge in [-0.1, -0.05) is 42.5 Å². The summed E-state index contributed by atoms with van der Waals surface area (Å²) >= 11 is 0. The standard InChI is InChI=1S/C25H33NO/c1-19(22-7-4-3-5-8-22)26-16-6-9-23-18-21(12-15-25(23)26)17-20-10-13-24(27-2)14-11-20/h3-5,7-8,10-11,13-14,19,21,23,25H,6,9,12,15-18H2,1-2H3/t19-,21+,23-,25-/m1/s1. The van der Waals surface area contributed by atoms with Crippen molar-refractivity contribution in [2.45, 2.75) is 57.5 Å². The highest BCUT2D eigenvalue weighted by molar-refractivity contribution is 5.27. The van der Waals surface area contributed by atoms with Gasteiger partial charge in [0.15, 0.2) is 0 Å². The van der Waals surface area contributed by atoms with Gasteiger partial charge in [0.2, 0.25) is 0 Å². The molecule has 27 heavy (non-hydrogen) atoms. The average Bonchev–Trinajstić information content (AvgIpc) is 2.74. The predicted molar refractivity (Wildman–Crippen MR) is 112 cm³/mol. The van der Waals surface area contributed by atoms with E-state index in [1.54, 1.807) is 7.11 Å². The molecule has 0 bridgehead atoms. The van der Waals surface area contributed by atoms with Crippen LogP contribution in [0.1, 0.15) is 56.2 Å². The molecule has 2 fully saturated rings. The van der Waals surface area contributed by atoms with Gasteiger partial charge in [-0.3, -0.25) is 4.90 Å². The minimum absolute atomic E-state index is 0.539. The lowest BCUT2D eigenvalue weighted by Gasteiger charge is -2.48. The molecule has 0 radical (unpaired) electrons. The second-order valence-electron chi connectivity index (χ2n) is 8.53. The number of benzene rings is 2. The van der Waals surface area contributed by atoms with Crippen LogP contribution < -0.4 is 4.74 Å². The third kappa shape index (κ3) is 4.21. The van der Waals surface area contributed by atoms with Crippen LogP contribution in [0.4, 0.5) is 0 Å². The van der Waals surface area contributed by atoms with Crippen molar-refractivity contribution in [1.29, 1.82) is 0 Å². The third-order valence-corrected chi connectivity index (χ3v) is 6.93. The maximum absolute atomic E-state index is 5.29. The van der Waals surface area contributed by atoms with E-state index in [0.717, 1.165) is 23.6 Å². The molecule has 1 heterocycles. The van der Waals surface area contributed by atoms with E-state index < -0.39 is 0 Å². The Hall–Kier alpha value is -1.80. The van der Waals surface area contributed by atoms with E-state index in [4.69, 9.17) is 4.74 Å². The van der Waals surface area contributed by atoms with Crippen LogP contribution >= 0.6 is 0 Å². The van der Waals surface area contributed by atoms with E-state index in [0.29, 0.717) is 6.04 Å². The second kappa shape index (κ2) is 8.48. The monoisotopic (exact) mass is 363 g/mol. The van der Waals surface area contributed by atoms with Gasteiger partial charge in [0, 0.05) is 12.1 Å². The minimum atomic E-state index is 0.539. The summed E-state index contributed by atoms with van der Waals surface area (Å²) in [5, 5.41) is 0. The summed E-state index contributed by atoms with van der Waals surface area (Å²) in [7, 11) is 1.74. The van der Waals surface area contributed by atoms with Gasteiger partial charge < -0.3 is 4.74 Å². The SMILES string of the molecule is COc1ccc(C[C@@H]2CC[C@@H]3[C@H](CCCN3[C@H](C)c3ccccc3)C2)cc1. The summed E-state index contributed by atoms with van der Waals surface area (Å²) in [4.78, 5) is 2.81. The van der Waals surface area contributed by atoms with Crippen LogP contribution in [0.25, 0.3) is 0 Å². The molecule has 144 valence electrons. The summed E-state index contributed by atoms with van der Waals surface area (Å²) in [5.41, 5.74) is 2.93. The Kier molecular flexibility index (Phi) is 5.83. The molecule has 1 aliphatic carbocycles. The normalized spacial score (nSPS) is 27.0. The first-order chi connectivity index (χ1) is 13.2. The quantitative estimate of drug-likeness (QED) is 0.658. The van der Waals surface area contributed by atoms with Gasteiger partial charge in [0.1, 0.15) is 5.75 Å². The van der Waals surface area contributed by atoms with Crippen molar-refractivity contribution in [2.75, 3.05) is 13.7 Å². The first-order valence-corrected chi connectivity index (χ1v) is 10.7. The molecule has 2 aromatic carbocycles. The Labute approximate surface area is 164 Å². The number of methoxy groups -OCH3 is 1. The smallest absolute Gasteiger partial charge is 0.118 e. The lowest BCUT2D eigenvalue weighted by molar-refractivity contribution is 0.0155. The number of hydrogen-bond donors (Lipinski definition) is 0. The molecule has 2 nitrogen and oxygen atoms in total. The van der Waals surface area contributed by atoms with Crippen LogP contribution in [0.3, 0.4) is 0 Å². The summed E-state index contributed by atoms with van der Waals surface area (Å²) in [5.74, 6) is 2.67. The zero-order chi connectivity index (χ0) is 18.6. The van der Waals surface area contributed by atoms with Crippen molar-refractivity contribution < 1.29 is 4.74 Å². The van der Waals surface area contributed by atoms with Crippen LogP contribution in [-0.2, 0) is 6.42 Å². The Morgan fingerprint density at radius 1 is 1.00 bits per heavy atom. The Bertz CT molecular complexity index is 711. The maximum atomic E-state index is 5.29. The summed E-state index contributed by atoms with van der Waals surface area (Å²) in [6.45, 7) is 3.67. The zero-order valence-corrected chi connectivity index (χ0v) is 16.8. The number of piperidine rings is 1. The fourth-order valence-electron chi connectivity index (χ4n) is 5.48. The minimum Gasteiger partial charge on any atom is -0.497 e. The van der Waals surface area contributed by atoms with Crippen molar-refractivity contribution >= 4 is 0 Å². The first kappa shape index (κ1) is 18.6. The number of nitrogens with zero attached hydrogens (tertiary/aromatic N) is 1. The van der Waals surface area contributed by atoms with Crippen molar-refractivity contribution in [2.24, 2.45) is 11.8 Å². The number of fused-ring (bicyclic) bond motifs is 1. The maximum Gasteiger partial charge on any atom is 0.118 e. The highest BCUT2D eigenvalue weighted by Gasteiger charge is 2.38. The number of likely N-dealkylation sites (tertiary alicyclic amines) is 1. The van der Waals surface area contributed by atoms with E-state index in [-0.39, 0.29) is 0 Å². The third-order valence-electron chi connectivity index (χ3n) is 6.93. The summed E-state index contributed by atoms with van der Waals surface area (Å²) < 4.78 is 5.29. The van der Waals surface area contributed by atoms with E-state index in [2.05, 4.69) is 66.4 Å². The van der Waals surface area contributed by atoms with E-state index in [1.807, 2.05) is 0 Å². The lowest BCUT2D eigenvalue weighted by Crippen LogP contribution is -2.49. The fourth-order valence-corrected chi connectivity index (χ4v) is 5.48. The Morgan fingerprint density at radius 2 is 1.78 bits per heavy atom. The second-order valence-corrected chi connectivity index (χ2v) is 8.53. The molecule has 2 aromatic rings. The van der Waals surface area contributed by atoms with Crippen LogP contribution in [-0.4, -0.2) is 24.6 Å². The van der Waals surface area contributed by atoms with Crippen molar-refractivity contribution in [1.82, 2.24) is 4.90 Å². The van der Waals surface area contributed by atoms with Crippen LogP contribution in [0.15, 0.2) is 54.6 Å². The first-order valence-electron chi connectivity index (χ1n) is 10.7. The lowest BCUT2D eigenvalue weighted by atomic mass is 9.71. The molecule has 1 saturated carbocycles. The Morgan fingerprint density at radius 3 is 2.52 bits per heavy atom. The van der Waals surface area contributed by atoms with Crippen molar-refractivity contribution in [3.05, 3.63) is 65.7 Å². The van der Waals surface area contributed by atoms with E-state index >= 15 is 0 Å². The predicted octanol–water partition coefficient (Wildman–Crippen LogP) is 5.88. The molecule has 0 amide bonds. The number of hydrogen-bond acceptors (Lipinski definition) is 2. The van der Waals surface area contributed by atoms with Crippen LogP contribution in [0, 0.1) is 11.8 Å². The van der Waals surface area contributed by atoms with Gasteiger partial charge in [0.05, 0.1) is 7.11 Å². The van der Waals surface area contributed by atoms with E-state index in [1.165, 1.54) is 56.2 Å². The zero-order valence-electron chi connectivity index (χ0n) is 16.8. The molecular weight excluding hydrogens is 330 g/mol. The number of rotatable bonds is 5. The molecule has 2 aliphatic rings. The fraction of sp³-hybridized carbons (Fsp3) is 0.520. The molecule has 0 aromatic heterocycles. The molecule has 4 rings (SSSR count). The molecule has 0 unspecified atom stereocenters. The molecule has 2 heteroatoms. The Balaban J connectivity index is 1.39. The van der Waals surface area contributed by atoms with Gasteiger partial charge in [-0.05, 0) is 87.1 Å². The highest BCUT2D eigenvalue weighted by Crippen LogP contribution is 2.42. The van der Waals surface area contributed by atoms with Crippen molar-refractivity contribution in [3.63, 3.8) is 0 Å². The molecule has 0 N–H and O–H groups in total. The molecule has 0 spiro atoms. The largest absolute Gasteiger partial charge is 0.497 e. The highest BCUT2D eigenvalue weighted by atomic mass is 16.5. The summed E-state index contributed by atoms with van der Waals surface area (Å²) in [6, 6.07) is 21.1.